The fourth-order valence-corrected chi connectivity index (χ4v) is 3.24. The van der Waals surface area contributed by atoms with E-state index in [0.717, 1.165) is 34.4 Å². The number of hydrogen-bond donors (Lipinski definition) is 1. The van der Waals surface area contributed by atoms with Gasteiger partial charge in [-0.05, 0) is 54.7 Å². The average Bonchev–Trinajstić information content (AvgIpc) is 3.07. The van der Waals surface area contributed by atoms with E-state index in [1.807, 2.05) is 6.07 Å². The van der Waals surface area contributed by atoms with Gasteiger partial charge in [-0.15, -0.1) is 0 Å². The number of aromatic nitrogens is 3. The van der Waals surface area contributed by atoms with E-state index in [0.29, 0.717) is 0 Å². The highest BCUT2D eigenvalue weighted by atomic mass is 15.1. The Kier molecular flexibility index (Phi) is 3.85. The van der Waals surface area contributed by atoms with Gasteiger partial charge in [0.15, 0.2) is 5.65 Å². The van der Waals surface area contributed by atoms with Crippen molar-refractivity contribution in [2.45, 2.75) is 27.2 Å². The Morgan fingerprint density at radius 1 is 0.880 bits per heavy atom. The van der Waals surface area contributed by atoms with Crippen molar-refractivity contribution in [2.75, 3.05) is 0 Å². The molecule has 0 atom stereocenters. The second-order valence-electron chi connectivity index (χ2n) is 6.47. The Bertz CT molecular complexity index is 1050. The van der Waals surface area contributed by atoms with Crippen molar-refractivity contribution in [3.05, 3.63) is 71.4 Å². The summed E-state index contributed by atoms with van der Waals surface area (Å²) in [6.45, 7) is 6.41. The molecule has 0 radical (unpaired) electrons. The molecule has 124 valence electrons. The van der Waals surface area contributed by atoms with Crippen LogP contribution in [0.5, 0.6) is 0 Å². The van der Waals surface area contributed by atoms with Crippen LogP contribution in [0.2, 0.25) is 0 Å². The molecular weight excluding hydrogens is 306 g/mol. The first-order chi connectivity index (χ1) is 12.2. The van der Waals surface area contributed by atoms with Crippen molar-refractivity contribution >= 4 is 11.0 Å². The van der Waals surface area contributed by atoms with Gasteiger partial charge in [-0.1, -0.05) is 49.4 Å². The minimum atomic E-state index is 0.784. The van der Waals surface area contributed by atoms with Gasteiger partial charge in [0.2, 0.25) is 0 Å². The molecule has 0 aliphatic carbocycles. The fraction of sp³-hybridized carbons (Fsp3) is 0.182. The van der Waals surface area contributed by atoms with E-state index in [2.05, 4.69) is 79.5 Å². The number of aromatic amines is 1. The van der Waals surface area contributed by atoms with Crippen molar-refractivity contribution < 1.29 is 0 Å². The number of aryl methyl sites for hydroxylation is 3. The number of rotatable bonds is 3. The molecule has 2 aromatic heterocycles. The van der Waals surface area contributed by atoms with E-state index in [9.17, 15) is 0 Å². The lowest BCUT2D eigenvalue weighted by Gasteiger charge is -2.10. The summed E-state index contributed by atoms with van der Waals surface area (Å²) in [7, 11) is 0. The van der Waals surface area contributed by atoms with Gasteiger partial charge in [0, 0.05) is 16.6 Å². The van der Waals surface area contributed by atoms with E-state index < -0.39 is 0 Å². The smallest absolute Gasteiger partial charge is 0.182 e. The molecule has 0 saturated carbocycles. The molecule has 2 aromatic carbocycles. The number of nitrogens with one attached hydrogen (secondary N) is 1. The molecule has 0 aliphatic rings. The first kappa shape index (κ1) is 15.6. The van der Waals surface area contributed by atoms with E-state index in [4.69, 9.17) is 4.98 Å². The maximum absolute atomic E-state index is 4.83. The molecule has 0 amide bonds. The zero-order valence-electron chi connectivity index (χ0n) is 14.8. The molecule has 0 fully saturated rings. The Morgan fingerprint density at radius 3 is 2.40 bits per heavy atom. The first-order valence-corrected chi connectivity index (χ1v) is 8.68. The molecule has 3 heteroatoms. The summed E-state index contributed by atoms with van der Waals surface area (Å²) in [4.78, 5) is 4.83. The van der Waals surface area contributed by atoms with Crippen LogP contribution in [-0.2, 0) is 6.42 Å². The number of pyridine rings is 1. The number of hydrogen-bond acceptors (Lipinski definition) is 2. The van der Waals surface area contributed by atoms with Crippen LogP contribution in [0, 0.1) is 13.8 Å². The van der Waals surface area contributed by atoms with E-state index in [1.165, 1.54) is 22.3 Å². The Balaban J connectivity index is 2.00. The highest BCUT2D eigenvalue weighted by Crippen LogP contribution is 2.33. The third-order valence-electron chi connectivity index (χ3n) is 4.84. The predicted octanol–water partition coefficient (Wildman–Crippen LogP) is 5.47. The lowest BCUT2D eigenvalue weighted by molar-refractivity contribution is 0.984. The Hall–Kier alpha value is -2.94. The molecule has 0 spiro atoms. The lowest BCUT2D eigenvalue weighted by atomic mass is 9.97. The van der Waals surface area contributed by atoms with E-state index in [-0.39, 0.29) is 0 Å². The normalized spacial score (nSPS) is 11.2. The van der Waals surface area contributed by atoms with E-state index >= 15 is 0 Å². The summed E-state index contributed by atoms with van der Waals surface area (Å²) in [6.07, 6.45) is 0.904. The maximum Gasteiger partial charge on any atom is 0.182 e. The largest absolute Gasteiger partial charge is 0.280 e. The third kappa shape index (κ3) is 2.72. The molecular formula is C22H21N3. The van der Waals surface area contributed by atoms with Crippen LogP contribution >= 0.6 is 0 Å². The molecule has 0 bridgehead atoms. The van der Waals surface area contributed by atoms with Crippen LogP contribution < -0.4 is 0 Å². The summed E-state index contributed by atoms with van der Waals surface area (Å²) >= 11 is 0. The van der Waals surface area contributed by atoms with Crippen molar-refractivity contribution in [2.24, 2.45) is 0 Å². The monoisotopic (exact) mass is 327 g/mol. The van der Waals surface area contributed by atoms with Crippen LogP contribution in [0.4, 0.5) is 0 Å². The summed E-state index contributed by atoms with van der Waals surface area (Å²) in [6, 6.07) is 19.2. The molecule has 25 heavy (non-hydrogen) atoms. The topological polar surface area (TPSA) is 41.6 Å². The van der Waals surface area contributed by atoms with Crippen LogP contribution in [0.25, 0.3) is 33.4 Å². The third-order valence-corrected chi connectivity index (χ3v) is 4.84. The van der Waals surface area contributed by atoms with Crippen molar-refractivity contribution in [1.29, 1.82) is 0 Å². The first-order valence-electron chi connectivity index (χ1n) is 8.68. The number of nitrogens with zero attached hydrogens (tertiary/aromatic N) is 2. The van der Waals surface area contributed by atoms with Gasteiger partial charge in [-0.3, -0.25) is 5.10 Å². The standard InChI is InChI=1S/C22H21N3/c1-4-19-21-18(16-8-6-5-7-9-16)13-20(23-22(21)25-24-19)17-11-10-14(2)15(3)12-17/h5-13H,4H2,1-3H3,(H,23,24,25). The van der Waals surface area contributed by atoms with Gasteiger partial charge < -0.3 is 0 Å². The number of H-pyrrole nitrogens is 1. The summed E-state index contributed by atoms with van der Waals surface area (Å²) < 4.78 is 0. The average molecular weight is 327 g/mol. The summed E-state index contributed by atoms with van der Waals surface area (Å²) in [5.74, 6) is 0. The number of benzene rings is 2. The van der Waals surface area contributed by atoms with Crippen molar-refractivity contribution in [3.8, 4) is 22.4 Å². The van der Waals surface area contributed by atoms with Gasteiger partial charge >= 0.3 is 0 Å². The lowest BCUT2D eigenvalue weighted by Crippen LogP contribution is -1.91. The minimum Gasteiger partial charge on any atom is -0.280 e. The van der Waals surface area contributed by atoms with Crippen molar-refractivity contribution in [3.63, 3.8) is 0 Å². The SMILES string of the molecule is CCc1[nH]nc2nc(-c3ccc(C)c(C)c3)cc(-c3ccccc3)c12. The zero-order valence-corrected chi connectivity index (χ0v) is 14.8. The minimum absolute atomic E-state index is 0.784. The van der Waals surface area contributed by atoms with Gasteiger partial charge in [0.25, 0.3) is 0 Å². The quantitative estimate of drug-likeness (QED) is 0.542. The van der Waals surface area contributed by atoms with Gasteiger partial charge in [-0.25, -0.2) is 4.98 Å². The summed E-state index contributed by atoms with van der Waals surface area (Å²) in [5, 5.41) is 8.75. The zero-order chi connectivity index (χ0) is 17.4. The van der Waals surface area contributed by atoms with Gasteiger partial charge in [-0.2, -0.15) is 5.10 Å². The highest BCUT2D eigenvalue weighted by Gasteiger charge is 2.15. The molecule has 0 aliphatic heterocycles. The van der Waals surface area contributed by atoms with Gasteiger partial charge in [0.1, 0.15) is 0 Å². The molecule has 4 rings (SSSR count). The second-order valence-corrected chi connectivity index (χ2v) is 6.47. The Labute approximate surface area is 147 Å². The van der Waals surface area contributed by atoms with Crippen LogP contribution in [0.15, 0.2) is 54.6 Å². The molecule has 0 saturated heterocycles. The fourth-order valence-electron chi connectivity index (χ4n) is 3.24. The molecule has 1 N–H and O–H groups in total. The predicted molar refractivity (Wildman–Crippen MR) is 104 cm³/mol. The van der Waals surface area contributed by atoms with Crippen LogP contribution in [0.1, 0.15) is 23.7 Å². The maximum atomic E-state index is 4.83. The second kappa shape index (κ2) is 6.17. The molecule has 0 unspecified atom stereocenters. The highest BCUT2D eigenvalue weighted by molar-refractivity contribution is 5.96. The molecule has 2 heterocycles. The van der Waals surface area contributed by atoms with Crippen LogP contribution in [0.3, 0.4) is 0 Å². The summed E-state index contributed by atoms with van der Waals surface area (Å²) in [5.41, 5.74) is 8.95. The molecule has 4 aromatic rings. The van der Waals surface area contributed by atoms with Crippen molar-refractivity contribution in [1.82, 2.24) is 15.2 Å². The molecule has 3 nitrogen and oxygen atoms in total. The Morgan fingerprint density at radius 2 is 1.68 bits per heavy atom. The number of fused-ring (bicyclic) bond motifs is 1. The van der Waals surface area contributed by atoms with Crippen LogP contribution in [-0.4, -0.2) is 15.2 Å². The van der Waals surface area contributed by atoms with Gasteiger partial charge in [0.05, 0.1) is 5.69 Å². The van der Waals surface area contributed by atoms with E-state index in [1.54, 1.807) is 0 Å².